The van der Waals surface area contributed by atoms with E-state index in [1.807, 2.05) is 25.1 Å². The SMILES string of the molecule is CCNC(=NCc1ccsc1)NCc1cccc(C#N)c1. The number of nitriles is 1. The molecule has 0 aliphatic heterocycles. The molecule has 2 rings (SSSR count). The number of nitrogens with one attached hydrogen (secondary N) is 2. The van der Waals surface area contributed by atoms with Crippen LogP contribution in [-0.2, 0) is 13.1 Å². The lowest BCUT2D eigenvalue weighted by atomic mass is 10.1. The van der Waals surface area contributed by atoms with Crippen molar-refractivity contribution in [3.63, 3.8) is 0 Å². The van der Waals surface area contributed by atoms with Crippen LogP contribution in [0.25, 0.3) is 0 Å². The molecule has 1 heterocycles. The summed E-state index contributed by atoms with van der Waals surface area (Å²) in [5.41, 5.74) is 2.95. The van der Waals surface area contributed by atoms with E-state index in [0.717, 1.165) is 18.1 Å². The zero-order chi connectivity index (χ0) is 14.9. The number of thiophene rings is 1. The van der Waals surface area contributed by atoms with E-state index >= 15 is 0 Å². The highest BCUT2D eigenvalue weighted by Crippen LogP contribution is 2.07. The number of nitrogens with zero attached hydrogens (tertiary/aromatic N) is 2. The molecule has 0 bridgehead atoms. The van der Waals surface area contributed by atoms with Crippen molar-refractivity contribution in [2.45, 2.75) is 20.0 Å². The quantitative estimate of drug-likeness (QED) is 0.659. The van der Waals surface area contributed by atoms with Crippen molar-refractivity contribution >= 4 is 17.3 Å². The molecule has 0 aliphatic rings. The molecular formula is C16H18N4S. The van der Waals surface area contributed by atoms with Crippen LogP contribution in [0.5, 0.6) is 0 Å². The average molecular weight is 298 g/mol. The molecule has 0 fully saturated rings. The highest BCUT2D eigenvalue weighted by atomic mass is 32.1. The third-order valence-electron chi connectivity index (χ3n) is 2.86. The summed E-state index contributed by atoms with van der Waals surface area (Å²) >= 11 is 1.68. The van der Waals surface area contributed by atoms with Gasteiger partial charge in [-0.15, -0.1) is 0 Å². The maximum atomic E-state index is 8.91. The Bertz CT molecular complexity index is 626. The maximum Gasteiger partial charge on any atom is 0.191 e. The molecule has 0 saturated carbocycles. The van der Waals surface area contributed by atoms with Crippen molar-refractivity contribution in [1.82, 2.24) is 10.6 Å². The minimum Gasteiger partial charge on any atom is -0.357 e. The van der Waals surface area contributed by atoms with Crippen LogP contribution in [0.15, 0.2) is 46.1 Å². The second-order valence-corrected chi connectivity index (χ2v) is 5.27. The van der Waals surface area contributed by atoms with Gasteiger partial charge in [0, 0.05) is 13.1 Å². The molecule has 2 aromatic rings. The Kier molecular flexibility index (Phi) is 5.80. The second kappa shape index (κ2) is 8.08. The zero-order valence-corrected chi connectivity index (χ0v) is 12.8. The topological polar surface area (TPSA) is 60.2 Å². The van der Waals surface area contributed by atoms with Gasteiger partial charge >= 0.3 is 0 Å². The van der Waals surface area contributed by atoms with Gasteiger partial charge in [0.25, 0.3) is 0 Å². The first kappa shape index (κ1) is 15.1. The molecule has 0 unspecified atom stereocenters. The zero-order valence-electron chi connectivity index (χ0n) is 12.0. The first-order chi connectivity index (χ1) is 10.3. The average Bonchev–Trinajstić information content (AvgIpc) is 3.03. The summed E-state index contributed by atoms with van der Waals surface area (Å²) in [7, 11) is 0. The van der Waals surface area contributed by atoms with Gasteiger partial charge in [0.2, 0.25) is 0 Å². The summed E-state index contributed by atoms with van der Waals surface area (Å²) < 4.78 is 0. The Labute approximate surface area is 129 Å². The van der Waals surface area contributed by atoms with Gasteiger partial charge in [0.05, 0.1) is 18.2 Å². The second-order valence-electron chi connectivity index (χ2n) is 4.49. The van der Waals surface area contributed by atoms with Crippen LogP contribution >= 0.6 is 11.3 Å². The molecule has 0 aliphatic carbocycles. The summed E-state index contributed by atoms with van der Waals surface area (Å²) in [5.74, 6) is 0.783. The molecule has 0 amide bonds. The van der Waals surface area contributed by atoms with Gasteiger partial charge < -0.3 is 10.6 Å². The van der Waals surface area contributed by atoms with E-state index in [-0.39, 0.29) is 0 Å². The van der Waals surface area contributed by atoms with Crippen molar-refractivity contribution in [1.29, 1.82) is 5.26 Å². The third-order valence-corrected chi connectivity index (χ3v) is 3.59. The lowest BCUT2D eigenvalue weighted by Gasteiger charge is -2.11. The lowest BCUT2D eigenvalue weighted by molar-refractivity contribution is 0.816. The third kappa shape index (κ3) is 4.93. The number of hydrogen-bond acceptors (Lipinski definition) is 3. The van der Waals surface area contributed by atoms with E-state index in [1.165, 1.54) is 5.56 Å². The van der Waals surface area contributed by atoms with Crippen molar-refractivity contribution < 1.29 is 0 Å². The van der Waals surface area contributed by atoms with Gasteiger partial charge in [-0.2, -0.15) is 16.6 Å². The first-order valence-electron chi connectivity index (χ1n) is 6.84. The molecule has 0 radical (unpaired) electrons. The number of benzene rings is 1. The smallest absolute Gasteiger partial charge is 0.191 e. The van der Waals surface area contributed by atoms with Crippen molar-refractivity contribution in [3.8, 4) is 6.07 Å². The highest BCUT2D eigenvalue weighted by molar-refractivity contribution is 7.07. The van der Waals surface area contributed by atoms with E-state index < -0.39 is 0 Å². The predicted molar refractivity (Wildman–Crippen MR) is 87.1 cm³/mol. The number of aliphatic imine (C=N–C) groups is 1. The van der Waals surface area contributed by atoms with Crippen LogP contribution in [0.2, 0.25) is 0 Å². The molecule has 108 valence electrons. The first-order valence-corrected chi connectivity index (χ1v) is 7.78. The minimum atomic E-state index is 0.644. The molecule has 0 spiro atoms. The Balaban J connectivity index is 1.96. The highest BCUT2D eigenvalue weighted by Gasteiger charge is 2.00. The van der Waals surface area contributed by atoms with Gasteiger partial charge in [-0.25, -0.2) is 4.99 Å². The van der Waals surface area contributed by atoms with Gasteiger partial charge in [-0.05, 0) is 47.0 Å². The predicted octanol–water partition coefficient (Wildman–Crippen LogP) is 2.88. The largest absolute Gasteiger partial charge is 0.357 e. The maximum absolute atomic E-state index is 8.91. The molecule has 0 saturated heterocycles. The summed E-state index contributed by atoms with van der Waals surface area (Å²) in [4.78, 5) is 4.55. The fourth-order valence-corrected chi connectivity index (χ4v) is 2.49. The van der Waals surface area contributed by atoms with Crippen molar-refractivity contribution in [3.05, 3.63) is 57.8 Å². The monoisotopic (exact) mass is 298 g/mol. The van der Waals surface area contributed by atoms with Crippen molar-refractivity contribution in [2.75, 3.05) is 6.54 Å². The summed E-state index contributed by atoms with van der Waals surface area (Å²) in [5, 5.41) is 19.6. The molecule has 1 aromatic heterocycles. The number of hydrogen-bond donors (Lipinski definition) is 2. The number of rotatable bonds is 5. The summed E-state index contributed by atoms with van der Waals surface area (Å²) in [6, 6.07) is 11.8. The normalized spacial score (nSPS) is 11.0. The van der Waals surface area contributed by atoms with Crippen LogP contribution in [-0.4, -0.2) is 12.5 Å². The molecule has 0 atom stereocenters. The fraction of sp³-hybridized carbons (Fsp3) is 0.250. The van der Waals surface area contributed by atoms with Crippen LogP contribution in [0, 0.1) is 11.3 Å². The van der Waals surface area contributed by atoms with Crippen molar-refractivity contribution in [2.24, 2.45) is 4.99 Å². The van der Waals surface area contributed by atoms with Crippen LogP contribution in [0.1, 0.15) is 23.6 Å². The molecule has 5 heteroatoms. The minimum absolute atomic E-state index is 0.644. The molecule has 4 nitrogen and oxygen atoms in total. The van der Waals surface area contributed by atoms with E-state index in [1.54, 1.807) is 17.4 Å². The van der Waals surface area contributed by atoms with E-state index in [4.69, 9.17) is 5.26 Å². The van der Waals surface area contributed by atoms with E-state index in [9.17, 15) is 0 Å². The van der Waals surface area contributed by atoms with Gasteiger partial charge in [0.1, 0.15) is 0 Å². The Morgan fingerprint density at radius 3 is 2.90 bits per heavy atom. The van der Waals surface area contributed by atoms with Crippen LogP contribution in [0.3, 0.4) is 0 Å². The van der Waals surface area contributed by atoms with E-state index in [0.29, 0.717) is 18.7 Å². The molecule has 21 heavy (non-hydrogen) atoms. The van der Waals surface area contributed by atoms with E-state index in [2.05, 4.69) is 38.5 Å². The summed E-state index contributed by atoms with van der Waals surface area (Å²) in [6.07, 6.45) is 0. The lowest BCUT2D eigenvalue weighted by Crippen LogP contribution is -2.36. The Morgan fingerprint density at radius 2 is 2.19 bits per heavy atom. The fourth-order valence-electron chi connectivity index (χ4n) is 1.83. The molecule has 2 N–H and O–H groups in total. The van der Waals surface area contributed by atoms with Crippen LogP contribution < -0.4 is 10.6 Å². The Hall–Kier alpha value is -2.32. The number of guanidine groups is 1. The van der Waals surface area contributed by atoms with Gasteiger partial charge in [-0.3, -0.25) is 0 Å². The summed E-state index contributed by atoms with van der Waals surface area (Å²) in [6.45, 7) is 4.16. The van der Waals surface area contributed by atoms with Gasteiger partial charge in [-0.1, -0.05) is 12.1 Å². The standard InChI is InChI=1S/C16H18N4S/c1-2-18-16(20-11-15-6-7-21-12-15)19-10-14-5-3-4-13(8-14)9-17/h3-8,12H,2,10-11H2,1H3,(H2,18,19,20). The molecule has 1 aromatic carbocycles. The van der Waals surface area contributed by atoms with Crippen LogP contribution in [0.4, 0.5) is 0 Å². The Morgan fingerprint density at radius 1 is 1.29 bits per heavy atom. The molecular weight excluding hydrogens is 280 g/mol. The van der Waals surface area contributed by atoms with Gasteiger partial charge in [0.15, 0.2) is 5.96 Å².